The third-order valence-electron chi connectivity index (χ3n) is 2.94. The van der Waals surface area contributed by atoms with Crippen LogP contribution in [0.25, 0.3) is 0 Å². The molecule has 0 fully saturated rings. The van der Waals surface area contributed by atoms with Gasteiger partial charge in [-0.05, 0) is 19.1 Å². The van der Waals surface area contributed by atoms with Gasteiger partial charge in [0.15, 0.2) is 0 Å². The van der Waals surface area contributed by atoms with Crippen LogP contribution < -0.4 is 10.2 Å². The highest BCUT2D eigenvalue weighted by Gasteiger charge is 2.37. The first-order valence-corrected chi connectivity index (χ1v) is 5.08. The van der Waals surface area contributed by atoms with E-state index in [4.69, 9.17) is 0 Å². The summed E-state index contributed by atoms with van der Waals surface area (Å²) in [6.45, 7) is 2.55. The quantitative estimate of drug-likeness (QED) is 0.737. The number of nitrogens with zero attached hydrogens (tertiary/aromatic N) is 1. The maximum Gasteiger partial charge on any atom is 0.418 e. The van der Waals surface area contributed by atoms with E-state index in [-0.39, 0.29) is 11.7 Å². The molecule has 2 rings (SSSR count). The van der Waals surface area contributed by atoms with Crippen LogP contribution in [0, 0.1) is 0 Å². The third-order valence-corrected chi connectivity index (χ3v) is 2.94. The van der Waals surface area contributed by atoms with Gasteiger partial charge in [0.25, 0.3) is 0 Å². The van der Waals surface area contributed by atoms with Crippen LogP contribution in [-0.2, 0) is 6.18 Å². The smallest absolute Gasteiger partial charge is 0.381 e. The molecule has 1 aromatic rings. The van der Waals surface area contributed by atoms with Gasteiger partial charge in [-0.25, -0.2) is 0 Å². The van der Waals surface area contributed by atoms with Crippen molar-refractivity contribution in [1.82, 2.24) is 0 Å². The normalized spacial score (nSPS) is 20.3. The zero-order valence-corrected chi connectivity index (χ0v) is 9.10. The minimum absolute atomic E-state index is 0.0519. The summed E-state index contributed by atoms with van der Waals surface area (Å²) in [6.07, 6.45) is -4.31. The van der Waals surface area contributed by atoms with Crippen molar-refractivity contribution in [3.63, 3.8) is 0 Å². The van der Waals surface area contributed by atoms with E-state index in [0.29, 0.717) is 12.2 Å². The Bertz CT molecular complexity index is 401. The monoisotopic (exact) mass is 230 g/mol. The first-order chi connectivity index (χ1) is 7.41. The number of hydrogen-bond acceptors (Lipinski definition) is 2. The summed E-state index contributed by atoms with van der Waals surface area (Å²) < 4.78 is 38.5. The van der Waals surface area contributed by atoms with E-state index in [1.54, 1.807) is 18.0 Å². The maximum atomic E-state index is 12.8. The number of rotatable bonds is 0. The maximum absolute atomic E-state index is 12.8. The molecule has 88 valence electrons. The van der Waals surface area contributed by atoms with Gasteiger partial charge in [-0.2, -0.15) is 13.2 Å². The second kappa shape index (κ2) is 3.57. The molecule has 5 heteroatoms. The summed E-state index contributed by atoms with van der Waals surface area (Å²) in [5.74, 6) is 0. The molecule has 16 heavy (non-hydrogen) atoms. The molecule has 1 N–H and O–H groups in total. The van der Waals surface area contributed by atoms with E-state index in [1.165, 1.54) is 6.07 Å². The highest BCUT2D eigenvalue weighted by atomic mass is 19.4. The molecule has 1 atom stereocenters. The summed E-state index contributed by atoms with van der Waals surface area (Å²) in [6, 6.07) is 4.27. The predicted octanol–water partition coefficient (Wildman–Crippen LogP) is 2.96. The second-order valence-electron chi connectivity index (χ2n) is 4.04. The Hall–Kier alpha value is -1.39. The predicted molar refractivity (Wildman–Crippen MR) is 57.8 cm³/mol. The fraction of sp³-hybridized carbons (Fsp3) is 0.455. The number of alkyl halides is 3. The van der Waals surface area contributed by atoms with Crippen molar-refractivity contribution in [2.75, 3.05) is 23.8 Å². The van der Waals surface area contributed by atoms with Gasteiger partial charge in [-0.1, -0.05) is 6.07 Å². The van der Waals surface area contributed by atoms with Crippen LogP contribution in [0.4, 0.5) is 24.5 Å². The van der Waals surface area contributed by atoms with E-state index >= 15 is 0 Å². The molecule has 0 aromatic heterocycles. The first kappa shape index (κ1) is 11.1. The van der Waals surface area contributed by atoms with Gasteiger partial charge < -0.3 is 10.2 Å². The Morgan fingerprint density at radius 1 is 1.38 bits per heavy atom. The zero-order chi connectivity index (χ0) is 11.9. The highest BCUT2D eigenvalue weighted by Crippen LogP contribution is 2.42. The van der Waals surface area contributed by atoms with Crippen molar-refractivity contribution >= 4 is 11.4 Å². The summed E-state index contributed by atoms with van der Waals surface area (Å²) in [5, 5.41) is 3.01. The van der Waals surface area contributed by atoms with Gasteiger partial charge in [0, 0.05) is 19.6 Å². The standard InChI is InChI=1S/C11H13F3N2/c1-7-6-15-9-5-3-4-8(11(12,13)14)10(9)16(7)2/h3-5,7,15H,6H2,1-2H3. The Morgan fingerprint density at radius 3 is 2.69 bits per heavy atom. The molecular formula is C11H13F3N2. The number of likely N-dealkylation sites (N-methyl/N-ethyl adjacent to an activating group) is 1. The number of nitrogens with one attached hydrogen (secondary N) is 1. The zero-order valence-electron chi connectivity index (χ0n) is 9.10. The van der Waals surface area contributed by atoms with Crippen molar-refractivity contribution in [1.29, 1.82) is 0 Å². The molecule has 0 spiro atoms. The van der Waals surface area contributed by atoms with Crippen molar-refractivity contribution < 1.29 is 13.2 Å². The van der Waals surface area contributed by atoms with Crippen LogP contribution in [-0.4, -0.2) is 19.6 Å². The molecule has 2 nitrogen and oxygen atoms in total. The van der Waals surface area contributed by atoms with Crippen molar-refractivity contribution in [3.05, 3.63) is 23.8 Å². The number of hydrogen-bond donors (Lipinski definition) is 1. The van der Waals surface area contributed by atoms with Crippen LogP contribution >= 0.6 is 0 Å². The lowest BCUT2D eigenvalue weighted by molar-refractivity contribution is -0.137. The average molecular weight is 230 g/mol. The second-order valence-corrected chi connectivity index (χ2v) is 4.04. The number of benzene rings is 1. The Morgan fingerprint density at radius 2 is 2.06 bits per heavy atom. The lowest BCUT2D eigenvalue weighted by Crippen LogP contribution is -2.40. The summed E-state index contributed by atoms with van der Waals surface area (Å²) in [7, 11) is 1.69. The van der Waals surface area contributed by atoms with Crippen LogP contribution in [0.15, 0.2) is 18.2 Å². The van der Waals surface area contributed by atoms with Crippen molar-refractivity contribution in [2.45, 2.75) is 19.1 Å². The van der Waals surface area contributed by atoms with E-state index in [9.17, 15) is 13.2 Å². The van der Waals surface area contributed by atoms with Crippen LogP contribution in [0.2, 0.25) is 0 Å². The Labute approximate surface area is 92.1 Å². The highest BCUT2D eigenvalue weighted by molar-refractivity contribution is 5.76. The summed E-state index contributed by atoms with van der Waals surface area (Å²) in [5.41, 5.74) is 0.218. The Balaban J connectivity index is 2.57. The third kappa shape index (κ3) is 1.70. The fourth-order valence-corrected chi connectivity index (χ4v) is 1.91. The number of anilines is 2. The molecule has 1 aliphatic rings. The molecule has 0 radical (unpaired) electrons. The van der Waals surface area contributed by atoms with Gasteiger partial charge in [0.05, 0.1) is 16.9 Å². The van der Waals surface area contributed by atoms with E-state index in [2.05, 4.69) is 5.32 Å². The lowest BCUT2D eigenvalue weighted by Gasteiger charge is -2.36. The number of para-hydroxylation sites is 1. The van der Waals surface area contributed by atoms with Crippen molar-refractivity contribution in [3.8, 4) is 0 Å². The van der Waals surface area contributed by atoms with Gasteiger partial charge in [0.1, 0.15) is 0 Å². The SMILES string of the molecule is CC1CNc2cccc(C(F)(F)F)c2N1C. The number of halogens is 3. The van der Waals surface area contributed by atoms with Gasteiger partial charge >= 0.3 is 6.18 Å². The fourth-order valence-electron chi connectivity index (χ4n) is 1.91. The average Bonchev–Trinajstić information content (AvgIpc) is 2.21. The summed E-state index contributed by atoms with van der Waals surface area (Å²) >= 11 is 0. The van der Waals surface area contributed by atoms with Crippen molar-refractivity contribution in [2.24, 2.45) is 0 Å². The minimum atomic E-state index is -4.31. The van der Waals surface area contributed by atoms with Crippen LogP contribution in [0.3, 0.4) is 0 Å². The van der Waals surface area contributed by atoms with Gasteiger partial charge in [-0.3, -0.25) is 0 Å². The Kier molecular flexibility index (Phi) is 2.48. The molecule has 1 aromatic carbocycles. The molecule has 0 amide bonds. The first-order valence-electron chi connectivity index (χ1n) is 5.08. The molecule has 0 saturated carbocycles. The largest absolute Gasteiger partial charge is 0.418 e. The number of fused-ring (bicyclic) bond motifs is 1. The molecule has 1 heterocycles. The van der Waals surface area contributed by atoms with Gasteiger partial charge in [-0.15, -0.1) is 0 Å². The van der Waals surface area contributed by atoms with Gasteiger partial charge in [0.2, 0.25) is 0 Å². The van der Waals surface area contributed by atoms with Crippen LogP contribution in [0.5, 0.6) is 0 Å². The van der Waals surface area contributed by atoms with E-state index in [1.807, 2.05) is 6.92 Å². The molecule has 1 unspecified atom stereocenters. The summed E-state index contributed by atoms with van der Waals surface area (Å²) in [4.78, 5) is 1.68. The molecule has 0 bridgehead atoms. The molecule has 0 aliphatic carbocycles. The molecule has 1 aliphatic heterocycles. The lowest BCUT2D eigenvalue weighted by atomic mass is 10.1. The van der Waals surface area contributed by atoms with Crippen LogP contribution in [0.1, 0.15) is 12.5 Å². The van der Waals surface area contributed by atoms with E-state index in [0.717, 1.165) is 6.07 Å². The topological polar surface area (TPSA) is 15.3 Å². The molecule has 0 saturated heterocycles. The minimum Gasteiger partial charge on any atom is -0.381 e. The molecular weight excluding hydrogens is 217 g/mol. The van der Waals surface area contributed by atoms with E-state index < -0.39 is 11.7 Å².